The van der Waals surface area contributed by atoms with E-state index in [4.69, 9.17) is 5.73 Å². The SMILES string of the molecule is COC(=O)[C@H](N)c1ccc(F)c(C(F)(F)F)c1.Cl. The van der Waals surface area contributed by atoms with Crippen LogP contribution in [0.1, 0.15) is 17.2 Å². The Kier molecular flexibility index (Phi) is 5.56. The fourth-order valence-electron chi connectivity index (χ4n) is 1.22. The zero-order valence-corrected chi connectivity index (χ0v) is 9.94. The van der Waals surface area contributed by atoms with Crippen LogP contribution in [-0.2, 0) is 15.7 Å². The number of rotatable bonds is 2. The van der Waals surface area contributed by atoms with E-state index in [9.17, 15) is 22.4 Å². The molecule has 1 aromatic rings. The summed E-state index contributed by atoms with van der Waals surface area (Å²) in [5, 5.41) is 0. The first-order valence-electron chi connectivity index (χ1n) is 4.47. The Bertz CT molecular complexity index is 436. The molecular weight excluding hydrogens is 278 g/mol. The Morgan fingerprint density at radius 2 is 1.94 bits per heavy atom. The van der Waals surface area contributed by atoms with Gasteiger partial charge in [-0.15, -0.1) is 12.4 Å². The average molecular weight is 288 g/mol. The van der Waals surface area contributed by atoms with E-state index in [0.717, 1.165) is 13.2 Å². The number of nitrogens with two attached hydrogens (primary N) is 1. The van der Waals surface area contributed by atoms with Gasteiger partial charge < -0.3 is 10.5 Å². The van der Waals surface area contributed by atoms with E-state index in [1.54, 1.807) is 0 Å². The van der Waals surface area contributed by atoms with Crippen molar-refractivity contribution in [3.8, 4) is 0 Å². The van der Waals surface area contributed by atoms with Gasteiger partial charge in [0.2, 0.25) is 0 Å². The molecule has 0 aliphatic heterocycles. The molecule has 0 fully saturated rings. The number of hydrogen-bond acceptors (Lipinski definition) is 3. The van der Waals surface area contributed by atoms with Crippen molar-refractivity contribution in [3.63, 3.8) is 0 Å². The van der Waals surface area contributed by atoms with E-state index in [1.165, 1.54) is 0 Å². The van der Waals surface area contributed by atoms with E-state index >= 15 is 0 Å². The summed E-state index contributed by atoms with van der Waals surface area (Å²) in [6.45, 7) is 0. The van der Waals surface area contributed by atoms with Crippen LogP contribution in [0.2, 0.25) is 0 Å². The molecule has 2 N–H and O–H groups in total. The minimum Gasteiger partial charge on any atom is -0.468 e. The van der Waals surface area contributed by atoms with E-state index in [0.29, 0.717) is 12.1 Å². The lowest BCUT2D eigenvalue weighted by Gasteiger charge is -2.13. The Balaban J connectivity index is 0.00000289. The minimum absolute atomic E-state index is 0. The molecule has 0 aromatic heterocycles. The third-order valence-corrected chi connectivity index (χ3v) is 2.11. The molecule has 18 heavy (non-hydrogen) atoms. The summed E-state index contributed by atoms with van der Waals surface area (Å²) in [5.74, 6) is -2.32. The summed E-state index contributed by atoms with van der Waals surface area (Å²) in [7, 11) is 1.05. The molecule has 0 saturated carbocycles. The fraction of sp³-hybridized carbons (Fsp3) is 0.300. The highest BCUT2D eigenvalue weighted by Crippen LogP contribution is 2.32. The number of halogens is 5. The van der Waals surface area contributed by atoms with E-state index < -0.39 is 29.6 Å². The normalized spacial score (nSPS) is 12.6. The van der Waals surface area contributed by atoms with Gasteiger partial charge in [0, 0.05) is 0 Å². The van der Waals surface area contributed by atoms with Gasteiger partial charge >= 0.3 is 12.1 Å². The second-order valence-corrected chi connectivity index (χ2v) is 3.24. The van der Waals surface area contributed by atoms with Gasteiger partial charge in [-0.1, -0.05) is 6.07 Å². The molecule has 1 rings (SSSR count). The molecule has 0 saturated heterocycles. The molecule has 0 unspecified atom stereocenters. The van der Waals surface area contributed by atoms with Gasteiger partial charge in [0.1, 0.15) is 11.9 Å². The van der Waals surface area contributed by atoms with Crippen molar-refractivity contribution in [2.24, 2.45) is 5.73 Å². The zero-order valence-electron chi connectivity index (χ0n) is 9.12. The van der Waals surface area contributed by atoms with Gasteiger partial charge in [-0.3, -0.25) is 4.79 Å². The molecule has 0 aliphatic rings. The maximum Gasteiger partial charge on any atom is 0.419 e. The number of carbonyl (C=O) groups is 1. The van der Waals surface area contributed by atoms with Crippen molar-refractivity contribution < 1.29 is 27.1 Å². The van der Waals surface area contributed by atoms with Crippen LogP contribution in [0.3, 0.4) is 0 Å². The van der Waals surface area contributed by atoms with Crippen molar-refractivity contribution in [2.45, 2.75) is 12.2 Å². The molecule has 0 spiro atoms. The predicted molar refractivity (Wildman–Crippen MR) is 57.6 cm³/mol. The van der Waals surface area contributed by atoms with Gasteiger partial charge in [-0.05, 0) is 17.7 Å². The Morgan fingerprint density at radius 3 is 2.39 bits per heavy atom. The quantitative estimate of drug-likeness (QED) is 0.671. The number of hydrogen-bond donors (Lipinski definition) is 1. The predicted octanol–water partition coefficient (Wildman–Crippen LogP) is 2.44. The molecule has 3 nitrogen and oxygen atoms in total. The van der Waals surface area contributed by atoms with Crippen molar-refractivity contribution in [1.29, 1.82) is 0 Å². The summed E-state index contributed by atoms with van der Waals surface area (Å²) >= 11 is 0. The van der Waals surface area contributed by atoms with E-state index in [2.05, 4.69) is 4.74 Å². The average Bonchev–Trinajstić information content (AvgIpc) is 2.26. The molecule has 0 bridgehead atoms. The Labute approximate surface area is 106 Å². The molecule has 1 aromatic carbocycles. The van der Waals surface area contributed by atoms with E-state index in [1.807, 2.05) is 0 Å². The fourth-order valence-corrected chi connectivity index (χ4v) is 1.22. The second-order valence-electron chi connectivity index (χ2n) is 3.24. The van der Waals surface area contributed by atoms with Crippen LogP contribution in [0.15, 0.2) is 18.2 Å². The molecule has 0 heterocycles. The third kappa shape index (κ3) is 3.58. The number of carbonyl (C=O) groups excluding carboxylic acids is 1. The number of benzene rings is 1. The highest BCUT2D eigenvalue weighted by Gasteiger charge is 2.35. The summed E-state index contributed by atoms with van der Waals surface area (Å²) in [5.41, 5.74) is 3.72. The Morgan fingerprint density at radius 1 is 1.39 bits per heavy atom. The van der Waals surface area contributed by atoms with Crippen LogP contribution >= 0.6 is 12.4 Å². The maximum absolute atomic E-state index is 12.9. The number of alkyl halides is 3. The van der Waals surface area contributed by atoms with Crippen LogP contribution in [0.5, 0.6) is 0 Å². The number of esters is 1. The molecule has 8 heteroatoms. The molecule has 1 atom stereocenters. The summed E-state index contributed by atoms with van der Waals surface area (Å²) in [6, 6.07) is 0.742. The molecule has 0 radical (unpaired) electrons. The van der Waals surface area contributed by atoms with Gasteiger partial charge in [-0.25, -0.2) is 4.39 Å². The molecular formula is C10H10ClF4NO2. The Hall–Kier alpha value is -1.34. The van der Waals surface area contributed by atoms with Crippen LogP contribution < -0.4 is 5.73 Å². The van der Waals surface area contributed by atoms with Gasteiger partial charge in [0.25, 0.3) is 0 Å². The lowest BCUT2D eigenvalue weighted by molar-refractivity contribution is -0.143. The van der Waals surface area contributed by atoms with Gasteiger partial charge in [0.05, 0.1) is 12.7 Å². The lowest BCUT2D eigenvalue weighted by atomic mass is 10.0. The summed E-state index contributed by atoms with van der Waals surface area (Å²) in [4.78, 5) is 11.0. The molecule has 102 valence electrons. The van der Waals surface area contributed by atoms with Crippen molar-refractivity contribution in [2.75, 3.05) is 7.11 Å². The second kappa shape index (κ2) is 6.01. The van der Waals surface area contributed by atoms with E-state index in [-0.39, 0.29) is 18.0 Å². The lowest BCUT2D eigenvalue weighted by Crippen LogP contribution is -2.23. The first-order chi connectivity index (χ1) is 7.77. The van der Waals surface area contributed by atoms with Crippen LogP contribution in [0.4, 0.5) is 17.6 Å². The monoisotopic (exact) mass is 287 g/mol. The number of ether oxygens (including phenoxy) is 1. The smallest absolute Gasteiger partial charge is 0.419 e. The van der Waals surface area contributed by atoms with Crippen LogP contribution in [-0.4, -0.2) is 13.1 Å². The summed E-state index contributed by atoms with van der Waals surface area (Å²) in [6.07, 6.45) is -4.84. The largest absolute Gasteiger partial charge is 0.468 e. The van der Waals surface area contributed by atoms with Gasteiger partial charge in [-0.2, -0.15) is 13.2 Å². The topological polar surface area (TPSA) is 52.3 Å². The van der Waals surface area contributed by atoms with Crippen LogP contribution in [0.25, 0.3) is 0 Å². The maximum atomic E-state index is 12.9. The molecule has 0 amide bonds. The first-order valence-corrected chi connectivity index (χ1v) is 4.47. The van der Waals surface area contributed by atoms with Crippen molar-refractivity contribution >= 4 is 18.4 Å². The minimum atomic E-state index is -4.84. The van der Waals surface area contributed by atoms with Gasteiger partial charge in [0.15, 0.2) is 0 Å². The van der Waals surface area contributed by atoms with Crippen LogP contribution in [0, 0.1) is 5.82 Å². The number of methoxy groups -OCH3 is 1. The summed E-state index contributed by atoms with van der Waals surface area (Å²) < 4.78 is 54.4. The first kappa shape index (κ1) is 16.7. The highest BCUT2D eigenvalue weighted by molar-refractivity contribution is 5.85. The van der Waals surface area contributed by atoms with Crippen molar-refractivity contribution in [3.05, 3.63) is 35.1 Å². The third-order valence-electron chi connectivity index (χ3n) is 2.11. The standard InChI is InChI=1S/C10H9F4NO2.ClH/c1-17-9(16)8(15)5-2-3-7(11)6(4-5)10(12,13)14;/h2-4,8H,15H2,1H3;1H/t8-;/m1./s1. The molecule has 0 aliphatic carbocycles. The highest BCUT2D eigenvalue weighted by atomic mass is 35.5. The van der Waals surface area contributed by atoms with Crippen molar-refractivity contribution in [1.82, 2.24) is 0 Å². The zero-order chi connectivity index (χ0) is 13.2.